The molecule has 0 saturated heterocycles. The van der Waals surface area contributed by atoms with E-state index in [1.165, 1.54) is 11.8 Å². The molecule has 1 amide bonds. The van der Waals surface area contributed by atoms with Crippen molar-refractivity contribution in [3.05, 3.63) is 36.4 Å². The molecule has 0 aromatic heterocycles. The minimum atomic E-state index is -0.162. The lowest BCUT2D eigenvalue weighted by Crippen LogP contribution is -2.25. The average molecular weight is 302 g/mol. The molecule has 5 nitrogen and oxygen atoms in total. The Hall–Kier alpha value is -2.34. The number of ether oxygens (including phenoxy) is 2. The van der Waals surface area contributed by atoms with Crippen LogP contribution in [0.15, 0.2) is 46.2 Å². The second-order valence-corrected chi connectivity index (χ2v) is 5.62. The number of hydrogen-bond donors (Lipinski definition) is 2. The first kappa shape index (κ1) is 13.6. The van der Waals surface area contributed by atoms with Gasteiger partial charge in [-0.25, -0.2) is 0 Å². The highest BCUT2D eigenvalue weighted by atomic mass is 32.2. The maximum atomic E-state index is 11.4. The molecule has 0 bridgehead atoms. The summed E-state index contributed by atoms with van der Waals surface area (Å²) >= 11 is 1.51. The quantitative estimate of drug-likeness (QED) is 0.853. The zero-order valence-electron chi connectivity index (χ0n) is 11.4. The highest BCUT2D eigenvalue weighted by Gasteiger charge is 2.18. The zero-order valence-corrected chi connectivity index (χ0v) is 12.2. The van der Waals surface area contributed by atoms with Crippen LogP contribution in [0.25, 0.3) is 0 Å². The number of methoxy groups -OCH3 is 1. The van der Waals surface area contributed by atoms with Crippen molar-refractivity contribution in [3.63, 3.8) is 0 Å². The lowest BCUT2D eigenvalue weighted by molar-refractivity contribution is -0.118. The molecule has 3 N–H and O–H groups in total. The summed E-state index contributed by atoms with van der Waals surface area (Å²) in [6.45, 7) is 0.0226. The van der Waals surface area contributed by atoms with Crippen LogP contribution in [0, 0.1) is 0 Å². The van der Waals surface area contributed by atoms with Gasteiger partial charge in [0.15, 0.2) is 6.61 Å². The normalized spacial score (nSPS) is 13.1. The van der Waals surface area contributed by atoms with E-state index >= 15 is 0 Å². The number of nitrogens with one attached hydrogen (secondary N) is 1. The number of rotatable bonds is 3. The van der Waals surface area contributed by atoms with Crippen molar-refractivity contribution in [2.45, 2.75) is 9.79 Å². The van der Waals surface area contributed by atoms with Crippen LogP contribution in [-0.4, -0.2) is 19.6 Å². The average Bonchev–Trinajstić information content (AvgIpc) is 2.49. The minimum absolute atomic E-state index is 0.0226. The van der Waals surface area contributed by atoms with E-state index in [0.717, 1.165) is 15.5 Å². The van der Waals surface area contributed by atoms with Crippen LogP contribution in [0.5, 0.6) is 11.5 Å². The first-order valence-electron chi connectivity index (χ1n) is 6.34. The third-order valence-electron chi connectivity index (χ3n) is 3.01. The zero-order chi connectivity index (χ0) is 14.8. The highest BCUT2D eigenvalue weighted by Crippen LogP contribution is 2.40. The largest absolute Gasteiger partial charge is 0.497 e. The van der Waals surface area contributed by atoms with Crippen LogP contribution in [0.3, 0.4) is 0 Å². The molecule has 2 aromatic rings. The summed E-state index contributed by atoms with van der Waals surface area (Å²) in [5.41, 5.74) is 7.31. The van der Waals surface area contributed by atoms with Crippen molar-refractivity contribution in [2.24, 2.45) is 0 Å². The Bertz CT molecular complexity index is 703. The molecule has 3 rings (SSSR count). The Kier molecular flexibility index (Phi) is 3.62. The molecular formula is C15H14N2O3S. The number of nitrogen functional groups attached to an aromatic ring is 1. The molecule has 6 heteroatoms. The van der Waals surface area contributed by atoms with Gasteiger partial charge in [-0.2, -0.15) is 0 Å². The van der Waals surface area contributed by atoms with Crippen molar-refractivity contribution < 1.29 is 14.3 Å². The number of amides is 1. The van der Waals surface area contributed by atoms with Gasteiger partial charge in [0, 0.05) is 21.5 Å². The van der Waals surface area contributed by atoms with Gasteiger partial charge in [-0.3, -0.25) is 4.79 Å². The van der Waals surface area contributed by atoms with Gasteiger partial charge < -0.3 is 20.5 Å². The van der Waals surface area contributed by atoms with Gasteiger partial charge in [0.25, 0.3) is 5.91 Å². The van der Waals surface area contributed by atoms with Gasteiger partial charge in [-0.15, -0.1) is 0 Å². The fourth-order valence-corrected chi connectivity index (χ4v) is 2.93. The molecule has 0 fully saturated rings. The number of hydrogen-bond acceptors (Lipinski definition) is 5. The summed E-state index contributed by atoms with van der Waals surface area (Å²) in [6, 6.07) is 11.3. The van der Waals surface area contributed by atoms with Gasteiger partial charge >= 0.3 is 0 Å². The molecule has 0 saturated carbocycles. The van der Waals surface area contributed by atoms with Crippen LogP contribution < -0.4 is 20.5 Å². The number of carbonyl (C=O) groups excluding carboxylic acids is 1. The third-order valence-corrected chi connectivity index (χ3v) is 4.08. The summed E-state index contributed by atoms with van der Waals surface area (Å²) in [5.74, 6) is 1.22. The smallest absolute Gasteiger partial charge is 0.262 e. The highest BCUT2D eigenvalue weighted by molar-refractivity contribution is 7.99. The maximum Gasteiger partial charge on any atom is 0.262 e. The fraction of sp³-hybridized carbons (Fsp3) is 0.133. The predicted molar refractivity (Wildman–Crippen MR) is 82.1 cm³/mol. The molecule has 0 spiro atoms. The Labute approximate surface area is 126 Å². The standard InChI is InChI=1S/C15H14N2O3S/c1-19-9-3-2-4-10(5-9)21-14-7-12-13(6-11(14)16)20-8-15(18)17-12/h2-7H,8,16H2,1H3,(H,17,18). The van der Waals surface area contributed by atoms with Crippen molar-refractivity contribution in [3.8, 4) is 11.5 Å². The molecule has 0 aliphatic carbocycles. The Morgan fingerprint density at radius 2 is 2.19 bits per heavy atom. The van der Waals surface area contributed by atoms with E-state index < -0.39 is 0 Å². The first-order chi connectivity index (χ1) is 10.2. The lowest BCUT2D eigenvalue weighted by atomic mass is 10.2. The van der Waals surface area contributed by atoms with E-state index in [9.17, 15) is 4.79 Å². The molecule has 1 heterocycles. The summed E-state index contributed by atoms with van der Waals surface area (Å²) in [4.78, 5) is 13.2. The molecular weight excluding hydrogens is 288 g/mol. The van der Waals surface area contributed by atoms with Crippen molar-refractivity contribution in [1.29, 1.82) is 0 Å². The van der Waals surface area contributed by atoms with Crippen LogP contribution in [0.2, 0.25) is 0 Å². The molecule has 2 aromatic carbocycles. The van der Waals surface area contributed by atoms with Crippen LogP contribution in [-0.2, 0) is 4.79 Å². The fourth-order valence-electron chi connectivity index (χ4n) is 2.00. The second-order valence-electron chi connectivity index (χ2n) is 4.50. The Morgan fingerprint density at radius 1 is 1.33 bits per heavy atom. The number of fused-ring (bicyclic) bond motifs is 1. The van der Waals surface area contributed by atoms with E-state index in [1.807, 2.05) is 30.3 Å². The molecule has 0 radical (unpaired) electrons. The molecule has 108 valence electrons. The van der Waals surface area contributed by atoms with Gasteiger partial charge in [0.05, 0.1) is 12.8 Å². The number of anilines is 2. The van der Waals surface area contributed by atoms with Crippen LogP contribution in [0.1, 0.15) is 0 Å². The predicted octanol–water partition coefficient (Wildman–Crippen LogP) is 2.76. The Morgan fingerprint density at radius 3 is 3.00 bits per heavy atom. The summed E-state index contributed by atoms with van der Waals surface area (Å²) in [6.07, 6.45) is 0. The second kappa shape index (κ2) is 5.57. The van der Waals surface area contributed by atoms with E-state index in [2.05, 4.69) is 5.32 Å². The third kappa shape index (κ3) is 2.90. The van der Waals surface area contributed by atoms with Crippen molar-refractivity contribution >= 4 is 29.0 Å². The summed E-state index contributed by atoms with van der Waals surface area (Å²) < 4.78 is 10.5. The van der Waals surface area contributed by atoms with E-state index in [1.54, 1.807) is 13.2 Å². The minimum Gasteiger partial charge on any atom is -0.497 e. The monoisotopic (exact) mass is 302 g/mol. The van der Waals surface area contributed by atoms with E-state index in [4.69, 9.17) is 15.2 Å². The van der Waals surface area contributed by atoms with E-state index in [-0.39, 0.29) is 12.5 Å². The van der Waals surface area contributed by atoms with Gasteiger partial charge in [0.1, 0.15) is 11.5 Å². The molecule has 0 atom stereocenters. The number of nitrogens with two attached hydrogens (primary N) is 1. The van der Waals surface area contributed by atoms with Crippen LogP contribution in [0.4, 0.5) is 11.4 Å². The maximum absolute atomic E-state index is 11.4. The number of carbonyl (C=O) groups is 1. The van der Waals surface area contributed by atoms with Gasteiger partial charge in [0.2, 0.25) is 0 Å². The lowest BCUT2D eigenvalue weighted by Gasteiger charge is -2.19. The molecule has 21 heavy (non-hydrogen) atoms. The summed E-state index contributed by atoms with van der Waals surface area (Å²) in [5, 5.41) is 2.78. The van der Waals surface area contributed by atoms with Gasteiger partial charge in [-0.1, -0.05) is 17.8 Å². The molecule has 1 aliphatic heterocycles. The first-order valence-corrected chi connectivity index (χ1v) is 7.15. The summed E-state index contributed by atoms with van der Waals surface area (Å²) in [7, 11) is 1.63. The van der Waals surface area contributed by atoms with Gasteiger partial charge in [-0.05, 0) is 24.3 Å². The SMILES string of the molecule is COc1cccc(Sc2cc3c(cc2N)OCC(=O)N3)c1. The van der Waals surface area contributed by atoms with Crippen molar-refractivity contribution in [1.82, 2.24) is 0 Å². The van der Waals surface area contributed by atoms with E-state index in [0.29, 0.717) is 17.1 Å². The van der Waals surface area contributed by atoms with Crippen molar-refractivity contribution in [2.75, 3.05) is 24.8 Å². The molecule has 0 unspecified atom stereocenters. The molecule has 1 aliphatic rings. The topological polar surface area (TPSA) is 73.6 Å². The number of benzene rings is 2. The Balaban J connectivity index is 1.91. The van der Waals surface area contributed by atoms with Crippen LogP contribution >= 0.6 is 11.8 Å².